The zero-order valence-electron chi connectivity index (χ0n) is 14.5. The van der Waals surface area contributed by atoms with E-state index in [1.54, 1.807) is 55.6 Å². The fourth-order valence-electron chi connectivity index (χ4n) is 2.77. The van der Waals surface area contributed by atoms with Crippen molar-refractivity contribution in [1.82, 2.24) is 4.57 Å². The van der Waals surface area contributed by atoms with Crippen molar-refractivity contribution in [2.24, 2.45) is 7.05 Å². The van der Waals surface area contributed by atoms with Crippen molar-refractivity contribution in [3.05, 3.63) is 87.5 Å². The quantitative estimate of drug-likeness (QED) is 0.430. The minimum atomic E-state index is -0.591. The van der Waals surface area contributed by atoms with Crippen molar-refractivity contribution in [3.8, 4) is 11.5 Å². The molecule has 1 aromatic heterocycles. The summed E-state index contributed by atoms with van der Waals surface area (Å²) in [5, 5.41) is 10.9. The number of para-hydroxylation sites is 1. The molecule has 3 aromatic rings. The molecule has 0 fully saturated rings. The van der Waals surface area contributed by atoms with Crippen LogP contribution in [0.5, 0.6) is 11.5 Å². The van der Waals surface area contributed by atoms with Crippen molar-refractivity contribution in [3.63, 3.8) is 0 Å². The molecule has 0 saturated heterocycles. The molecular weight excluding hydrogens is 344 g/mol. The first-order chi connectivity index (χ1) is 13.0. The summed E-state index contributed by atoms with van der Waals surface area (Å²) < 4.78 is 6.57. The Kier molecular flexibility index (Phi) is 5.04. The molecule has 0 bridgehead atoms. The van der Waals surface area contributed by atoms with Gasteiger partial charge in [-0.15, -0.1) is 0 Å². The molecule has 2 aromatic carbocycles. The first-order valence-corrected chi connectivity index (χ1v) is 8.12. The molecule has 0 aliphatic rings. The minimum Gasteiger partial charge on any atom is -0.506 e. The van der Waals surface area contributed by atoms with Gasteiger partial charge in [-0.1, -0.05) is 30.3 Å². The van der Waals surface area contributed by atoms with Crippen LogP contribution in [0.25, 0.3) is 21.8 Å². The van der Waals surface area contributed by atoms with Crippen molar-refractivity contribution in [2.75, 3.05) is 6.73 Å². The Morgan fingerprint density at radius 3 is 2.81 bits per heavy atom. The highest BCUT2D eigenvalue weighted by Crippen LogP contribution is 2.26. The van der Waals surface area contributed by atoms with Crippen molar-refractivity contribution < 1.29 is 14.6 Å². The number of hydrogen-bond donors (Lipinski definition) is 1. The number of hydrogen-bond acceptors (Lipinski definition) is 4. The van der Waals surface area contributed by atoms with Gasteiger partial charge in [0.05, 0.1) is 5.52 Å². The van der Waals surface area contributed by atoms with Crippen LogP contribution in [-0.4, -0.2) is 22.2 Å². The van der Waals surface area contributed by atoms with Crippen molar-refractivity contribution in [1.29, 1.82) is 0 Å². The van der Waals surface area contributed by atoms with Crippen LogP contribution in [0.4, 0.5) is 0 Å². The van der Waals surface area contributed by atoms with E-state index >= 15 is 0 Å². The Bertz CT molecular complexity index is 1150. The third kappa shape index (κ3) is 3.58. The first kappa shape index (κ1) is 18.0. The fraction of sp³-hybridized carbons (Fsp3) is 0.0952. The molecule has 0 amide bonds. The SMILES string of the molecule is [C-]#[N+]COc1cccc(/C=C/C(=O)c2c(O)c3ccccc3n(C)c2=O)c1. The van der Waals surface area contributed by atoms with E-state index in [0.29, 0.717) is 22.2 Å². The number of aromatic hydroxyl groups is 1. The zero-order chi connectivity index (χ0) is 19.4. The molecule has 134 valence electrons. The van der Waals surface area contributed by atoms with Gasteiger partial charge in [0.2, 0.25) is 0 Å². The maximum absolute atomic E-state index is 12.6. The van der Waals surface area contributed by atoms with Gasteiger partial charge in [0, 0.05) is 12.4 Å². The molecule has 6 nitrogen and oxygen atoms in total. The standard InChI is InChI=1S/C21H16N2O4/c1-22-13-27-15-7-5-6-14(12-15)10-11-18(24)19-20(25)16-8-3-4-9-17(16)23(2)21(19)26/h3-12,25H,13H2,2H3/b11-10+. The normalized spacial score (nSPS) is 10.8. The van der Waals surface area contributed by atoms with Crippen LogP contribution in [0.2, 0.25) is 0 Å². The molecule has 0 saturated carbocycles. The van der Waals surface area contributed by atoms with E-state index in [1.165, 1.54) is 16.7 Å². The summed E-state index contributed by atoms with van der Waals surface area (Å²) >= 11 is 0. The van der Waals surface area contributed by atoms with Gasteiger partial charge in [-0.25, -0.2) is 6.57 Å². The van der Waals surface area contributed by atoms with E-state index in [4.69, 9.17) is 11.3 Å². The van der Waals surface area contributed by atoms with Crippen molar-refractivity contribution >= 4 is 22.8 Å². The lowest BCUT2D eigenvalue weighted by Gasteiger charge is -2.09. The lowest BCUT2D eigenvalue weighted by molar-refractivity contribution is 0.104. The Balaban J connectivity index is 1.97. The van der Waals surface area contributed by atoms with E-state index in [1.807, 2.05) is 0 Å². The van der Waals surface area contributed by atoms with Crippen LogP contribution in [0, 0.1) is 6.57 Å². The molecule has 6 heteroatoms. The summed E-state index contributed by atoms with van der Waals surface area (Å²) in [6, 6.07) is 13.7. The van der Waals surface area contributed by atoms with Crippen LogP contribution in [0.1, 0.15) is 15.9 Å². The number of rotatable bonds is 5. The van der Waals surface area contributed by atoms with Crippen LogP contribution in [-0.2, 0) is 7.05 Å². The molecular formula is C21H16N2O4. The predicted molar refractivity (Wildman–Crippen MR) is 103 cm³/mol. The minimum absolute atomic E-state index is 0.0902. The number of aromatic nitrogens is 1. The van der Waals surface area contributed by atoms with E-state index < -0.39 is 11.3 Å². The largest absolute Gasteiger partial charge is 0.506 e. The maximum atomic E-state index is 12.6. The summed E-state index contributed by atoms with van der Waals surface area (Å²) in [7, 11) is 1.56. The molecule has 0 radical (unpaired) electrons. The Hall–Kier alpha value is -3.85. The third-order valence-electron chi connectivity index (χ3n) is 4.10. The number of carbonyl (C=O) groups is 1. The number of carbonyl (C=O) groups excluding carboxylic acids is 1. The summed E-state index contributed by atoms with van der Waals surface area (Å²) in [4.78, 5) is 28.2. The number of ketones is 1. The second kappa shape index (κ2) is 7.58. The maximum Gasteiger partial charge on any atom is 0.357 e. The Labute approximate surface area is 155 Å². The van der Waals surface area contributed by atoms with Crippen LogP contribution in [0.15, 0.2) is 59.4 Å². The number of pyridine rings is 1. The summed E-state index contributed by atoms with van der Waals surface area (Å²) in [5.74, 6) is -0.408. The van der Waals surface area contributed by atoms with E-state index in [-0.39, 0.29) is 18.0 Å². The Morgan fingerprint density at radius 2 is 2.04 bits per heavy atom. The highest BCUT2D eigenvalue weighted by atomic mass is 16.5. The summed E-state index contributed by atoms with van der Waals surface area (Å²) in [5.41, 5.74) is 0.385. The van der Waals surface area contributed by atoms with Crippen molar-refractivity contribution in [2.45, 2.75) is 0 Å². The second-order valence-corrected chi connectivity index (χ2v) is 5.81. The van der Waals surface area contributed by atoms with Crippen LogP contribution < -0.4 is 10.3 Å². The van der Waals surface area contributed by atoms with E-state index in [2.05, 4.69) is 4.85 Å². The number of nitrogens with zero attached hydrogens (tertiary/aromatic N) is 2. The predicted octanol–water partition coefficient (Wildman–Crippen LogP) is 3.40. The zero-order valence-corrected chi connectivity index (χ0v) is 14.5. The molecule has 27 heavy (non-hydrogen) atoms. The topological polar surface area (TPSA) is 72.9 Å². The van der Waals surface area contributed by atoms with Gasteiger partial charge in [0.15, 0.2) is 5.78 Å². The molecule has 0 unspecified atom stereocenters. The molecule has 0 aliphatic carbocycles. The van der Waals surface area contributed by atoms with Gasteiger partial charge in [0.25, 0.3) is 5.56 Å². The number of fused-ring (bicyclic) bond motifs is 1. The number of aryl methyl sites for hydroxylation is 1. The molecule has 0 aliphatic heterocycles. The van der Waals surface area contributed by atoms with Crippen LogP contribution >= 0.6 is 0 Å². The first-order valence-electron chi connectivity index (χ1n) is 8.12. The van der Waals surface area contributed by atoms with E-state index in [9.17, 15) is 14.7 Å². The lowest BCUT2D eigenvalue weighted by Crippen LogP contribution is -2.24. The molecule has 3 rings (SSSR count). The third-order valence-corrected chi connectivity index (χ3v) is 4.10. The monoisotopic (exact) mass is 360 g/mol. The second-order valence-electron chi connectivity index (χ2n) is 5.81. The van der Waals surface area contributed by atoms with Gasteiger partial charge in [-0.05, 0) is 35.9 Å². The van der Waals surface area contributed by atoms with Gasteiger partial charge in [-0.3, -0.25) is 14.4 Å². The van der Waals surface area contributed by atoms with E-state index in [0.717, 1.165) is 0 Å². The average Bonchev–Trinajstić information content (AvgIpc) is 2.69. The number of allylic oxidation sites excluding steroid dienone is 1. The fourth-order valence-corrected chi connectivity index (χ4v) is 2.77. The van der Waals surface area contributed by atoms with Gasteiger partial charge in [-0.2, -0.15) is 0 Å². The van der Waals surface area contributed by atoms with Gasteiger partial charge >= 0.3 is 6.73 Å². The summed E-state index contributed by atoms with van der Waals surface area (Å²) in [6.07, 6.45) is 2.76. The van der Waals surface area contributed by atoms with Crippen LogP contribution in [0.3, 0.4) is 0 Å². The summed E-state index contributed by atoms with van der Waals surface area (Å²) in [6.45, 7) is 6.65. The number of ether oxygens (including phenoxy) is 1. The lowest BCUT2D eigenvalue weighted by atomic mass is 10.1. The molecule has 0 spiro atoms. The highest BCUT2D eigenvalue weighted by Gasteiger charge is 2.19. The average molecular weight is 360 g/mol. The molecule has 0 atom stereocenters. The van der Waals surface area contributed by atoms with Gasteiger partial charge in [0.1, 0.15) is 17.1 Å². The van der Waals surface area contributed by atoms with Gasteiger partial charge < -0.3 is 14.4 Å². The Morgan fingerprint density at radius 1 is 1.26 bits per heavy atom. The highest BCUT2D eigenvalue weighted by molar-refractivity contribution is 6.11. The smallest absolute Gasteiger partial charge is 0.357 e. The number of benzene rings is 2. The molecule has 1 N–H and O–H groups in total. The molecule has 1 heterocycles.